The fourth-order valence-electron chi connectivity index (χ4n) is 3.86. The van der Waals surface area contributed by atoms with Crippen LogP contribution in [0.15, 0.2) is 30.7 Å². The van der Waals surface area contributed by atoms with E-state index in [-0.39, 0.29) is 17.5 Å². The van der Waals surface area contributed by atoms with Gasteiger partial charge in [0, 0.05) is 63.0 Å². The number of carbonyl (C=O) groups excluding carboxylic acids is 1. The summed E-state index contributed by atoms with van der Waals surface area (Å²) in [5.41, 5.74) is 1.25. The maximum absolute atomic E-state index is 13.9. The van der Waals surface area contributed by atoms with E-state index in [2.05, 4.69) is 44.2 Å². The van der Waals surface area contributed by atoms with Crippen LogP contribution in [0.4, 0.5) is 20.3 Å². The molecule has 1 unspecified atom stereocenters. The van der Waals surface area contributed by atoms with Crippen molar-refractivity contribution < 1.29 is 13.6 Å². The molecule has 0 radical (unpaired) electrons. The lowest BCUT2D eigenvalue weighted by Crippen LogP contribution is -2.31. The Kier molecular flexibility index (Phi) is 5.34. The highest BCUT2D eigenvalue weighted by molar-refractivity contribution is 5.97. The number of nitrogens with one attached hydrogen (secondary N) is 1. The van der Waals surface area contributed by atoms with E-state index in [9.17, 15) is 13.6 Å². The Morgan fingerprint density at radius 1 is 1.32 bits per heavy atom. The number of rotatable bonds is 5. The van der Waals surface area contributed by atoms with Crippen LogP contribution in [0.3, 0.4) is 0 Å². The zero-order valence-corrected chi connectivity index (χ0v) is 17.9. The Morgan fingerprint density at radius 3 is 2.74 bits per heavy atom. The van der Waals surface area contributed by atoms with E-state index in [4.69, 9.17) is 0 Å². The first-order chi connectivity index (χ1) is 14.6. The zero-order valence-electron chi connectivity index (χ0n) is 17.9. The number of fused-ring (bicyclic) bond motifs is 1. The van der Waals surface area contributed by atoms with E-state index in [1.54, 1.807) is 16.8 Å². The number of amides is 1. The van der Waals surface area contributed by atoms with Crippen molar-refractivity contribution in [2.45, 2.75) is 32.2 Å². The Balaban J connectivity index is 1.85. The van der Waals surface area contributed by atoms with Crippen molar-refractivity contribution in [3.05, 3.63) is 36.4 Å². The molecule has 164 valence electrons. The van der Waals surface area contributed by atoms with Crippen molar-refractivity contribution >= 4 is 28.3 Å². The van der Waals surface area contributed by atoms with Gasteiger partial charge in [0.05, 0.1) is 11.2 Å². The largest absolute Gasteiger partial charge is 0.368 e. The van der Waals surface area contributed by atoms with Crippen molar-refractivity contribution in [2.24, 2.45) is 0 Å². The molecule has 8 nitrogen and oxygen atoms in total. The van der Waals surface area contributed by atoms with Crippen LogP contribution in [-0.4, -0.2) is 63.6 Å². The predicted octanol–water partition coefficient (Wildman–Crippen LogP) is 3.03. The quantitative estimate of drug-likeness (QED) is 0.672. The van der Waals surface area contributed by atoms with Crippen LogP contribution >= 0.6 is 0 Å². The molecule has 0 bridgehead atoms. The maximum Gasteiger partial charge on any atom is 0.287 e. The molecule has 0 saturated carbocycles. The number of likely N-dealkylation sites (N-methyl/N-ethyl adjacent to an activating group) is 1. The molecule has 0 spiro atoms. The topological polar surface area (TPSA) is 79.2 Å². The molecule has 1 atom stereocenters. The summed E-state index contributed by atoms with van der Waals surface area (Å²) in [6.45, 7) is 3.91. The van der Waals surface area contributed by atoms with Crippen molar-refractivity contribution in [1.82, 2.24) is 24.4 Å². The summed E-state index contributed by atoms with van der Waals surface area (Å²) in [5.74, 6) is -2.82. The third kappa shape index (κ3) is 4.20. The van der Waals surface area contributed by atoms with Gasteiger partial charge in [-0.15, -0.1) is 0 Å². The van der Waals surface area contributed by atoms with E-state index in [0.717, 1.165) is 37.5 Å². The molecule has 4 heterocycles. The summed E-state index contributed by atoms with van der Waals surface area (Å²) in [7, 11) is 4.12. The minimum Gasteiger partial charge on any atom is -0.368 e. The van der Waals surface area contributed by atoms with Crippen LogP contribution in [0.5, 0.6) is 0 Å². The number of pyridine rings is 1. The van der Waals surface area contributed by atoms with Crippen molar-refractivity contribution in [3.63, 3.8) is 0 Å². The van der Waals surface area contributed by atoms with Crippen LogP contribution < -0.4 is 10.2 Å². The second kappa shape index (κ2) is 7.84. The van der Waals surface area contributed by atoms with Gasteiger partial charge in [-0.1, -0.05) is 0 Å². The Bertz CT molecular complexity index is 1120. The fraction of sp³-hybridized carbons (Fsp3) is 0.429. The second-order valence-electron chi connectivity index (χ2n) is 8.13. The second-order valence-corrected chi connectivity index (χ2v) is 8.13. The summed E-state index contributed by atoms with van der Waals surface area (Å²) in [5, 5.41) is 3.51. The van der Waals surface area contributed by atoms with Gasteiger partial charge < -0.3 is 15.1 Å². The van der Waals surface area contributed by atoms with Gasteiger partial charge >= 0.3 is 0 Å². The first-order valence-corrected chi connectivity index (χ1v) is 10.1. The molecular weight excluding hydrogens is 404 g/mol. The maximum atomic E-state index is 13.9. The molecular formula is C21H25F2N7O. The van der Waals surface area contributed by atoms with Gasteiger partial charge in [-0.2, -0.15) is 8.78 Å². The molecule has 4 rings (SSSR count). The number of alkyl halides is 2. The number of anilines is 2. The highest BCUT2D eigenvalue weighted by Crippen LogP contribution is 2.34. The number of carbonyl (C=O) groups is 1. The van der Waals surface area contributed by atoms with E-state index in [1.807, 2.05) is 6.20 Å². The van der Waals surface area contributed by atoms with Crippen LogP contribution in [0.1, 0.15) is 26.0 Å². The lowest BCUT2D eigenvalue weighted by Gasteiger charge is -2.21. The summed E-state index contributed by atoms with van der Waals surface area (Å²) in [6, 6.07) is 3.34. The molecule has 31 heavy (non-hydrogen) atoms. The van der Waals surface area contributed by atoms with E-state index >= 15 is 0 Å². The molecule has 1 aliphatic rings. The van der Waals surface area contributed by atoms with Crippen molar-refractivity contribution in [2.75, 3.05) is 37.4 Å². The summed E-state index contributed by atoms with van der Waals surface area (Å²) in [6.07, 6.45) is 5.89. The molecule has 3 aromatic heterocycles. The van der Waals surface area contributed by atoms with Crippen molar-refractivity contribution in [3.8, 4) is 5.95 Å². The minimum absolute atomic E-state index is 0.138. The van der Waals surface area contributed by atoms with Gasteiger partial charge in [-0.25, -0.2) is 15.0 Å². The number of halogens is 2. The summed E-state index contributed by atoms with van der Waals surface area (Å²) in [4.78, 5) is 28.6. The number of nitrogens with zero attached hydrogens (tertiary/aromatic N) is 6. The third-order valence-corrected chi connectivity index (χ3v) is 5.52. The first-order valence-electron chi connectivity index (χ1n) is 10.1. The summed E-state index contributed by atoms with van der Waals surface area (Å²) < 4.78 is 29.4. The monoisotopic (exact) mass is 429 g/mol. The Labute approximate surface area is 178 Å². The molecule has 1 amide bonds. The van der Waals surface area contributed by atoms with Gasteiger partial charge in [0.25, 0.3) is 5.92 Å². The van der Waals surface area contributed by atoms with E-state index in [0.29, 0.717) is 17.4 Å². The highest BCUT2D eigenvalue weighted by Gasteiger charge is 2.29. The SMILES string of the molecule is CC(=O)Nc1cc2c(cn1)c(N1CCC(N(C)C)C1)cn2-c1nccc(C(C)(F)F)n1. The smallest absolute Gasteiger partial charge is 0.287 e. The molecule has 1 aliphatic heterocycles. The van der Waals surface area contributed by atoms with Crippen LogP contribution in [0.25, 0.3) is 16.9 Å². The Morgan fingerprint density at radius 2 is 2.10 bits per heavy atom. The zero-order chi connectivity index (χ0) is 22.3. The van der Waals surface area contributed by atoms with E-state index in [1.165, 1.54) is 19.2 Å². The molecule has 1 N–H and O–H groups in total. The van der Waals surface area contributed by atoms with Crippen LogP contribution in [0.2, 0.25) is 0 Å². The lowest BCUT2D eigenvalue weighted by atomic mass is 10.2. The number of hydrogen-bond donors (Lipinski definition) is 1. The third-order valence-electron chi connectivity index (χ3n) is 5.52. The molecule has 0 aliphatic carbocycles. The molecule has 1 saturated heterocycles. The fourth-order valence-corrected chi connectivity index (χ4v) is 3.86. The number of aromatic nitrogens is 4. The van der Waals surface area contributed by atoms with Gasteiger partial charge in [-0.3, -0.25) is 9.36 Å². The lowest BCUT2D eigenvalue weighted by molar-refractivity contribution is -0.114. The summed E-state index contributed by atoms with van der Waals surface area (Å²) >= 11 is 0. The normalized spacial score (nSPS) is 17.0. The average Bonchev–Trinajstić information content (AvgIpc) is 3.31. The minimum atomic E-state index is -3.08. The predicted molar refractivity (Wildman–Crippen MR) is 115 cm³/mol. The molecule has 1 fully saturated rings. The molecule has 3 aromatic rings. The first kappa shape index (κ1) is 21.1. The van der Waals surface area contributed by atoms with Crippen molar-refractivity contribution in [1.29, 1.82) is 0 Å². The Hall–Kier alpha value is -3.14. The molecule has 0 aromatic carbocycles. The average molecular weight is 429 g/mol. The molecule has 10 heteroatoms. The van der Waals surface area contributed by atoms with E-state index < -0.39 is 5.92 Å². The van der Waals surface area contributed by atoms with Gasteiger partial charge in [0.2, 0.25) is 11.9 Å². The van der Waals surface area contributed by atoms with Crippen LogP contribution in [-0.2, 0) is 10.7 Å². The van der Waals surface area contributed by atoms with Gasteiger partial charge in [-0.05, 0) is 26.6 Å². The van der Waals surface area contributed by atoms with Gasteiger partial charge in [0.1, 0.15) is 11.5 Å². The van der Waals surface area contributed by atoms with Gasteiger partial charge in [0.15, 0.2) is 0 Å². The van der Waals surface area contributed by atoms with Crippen LogP contribution in [0, 0.1) is 0 Å². The standard InChI is InChI=1S/C21H25F2N7O/c1-13(31)26-19-9-16-15(10-25-19)17(29-8-6-14(11-29)28(3)4)12-30(16)20-24-7-5-18(27-20)21(2,22)23/h5,7,9-10,12,14H,6,8,11H2,1-4H3,(H,25,26,31). The highest BCUT2D eigenvalue weighted by atomic mass is 19.3. The number of hydrogen-bond acceptors (Lipinski definition) is 6.